The molecule has 0 unspecified atom stereocenters. The number of aromatic nitrogens is 3. The highest BCUT2D eigenvalue weighted by molar-refractivity contribution is 14.1. The lowest BCUT2D eigenvalue weighted by Gasteiger charge is -2.06. The molecule has 5 heteroatoms. The molecule has 90 valence electrons. The smallest absolute Gasteiger partial charge is 0.113 e. The topological polar surface area (TPSA) is 42.7 Å². The molecule has 1 heterocycles. The fraction of sp³-hybridized carbons (Fsp3) is 0.0769. The second-order valence-electron chi connectivity index (χ2n) is 3.92. The lowest BCUT2D eigenvalue weighted by molar-refractivity contribution is 0.655. The zero-order valence-electron chi connectivity index (χ0n) is 9.55. The lowest BCUT2D eigenvalue weighted by atomic mass is 10.3. The van der Waals surface area contributed by atoms with Crippen LogP contribution in [0.25, 0.3) is 11.0 Å². The standard InChI is InChI=1S/C13H11IN4/c14-10-5-7-11(8-6-10)15-9-18-13-4-2-1-3-12(13)16-17-18/h1-8,15H,9H2. The number of fused-ring (bicyclic) bond motifs is 1. The van der Waals surface area contributed by atoms with Crippen LogP contribution in [0.2, 0.25) is 0 Å². The monoisotopic (exact) mass is 350 g/mol. The molecular weight excluding hydrogens is 339 g/mol. The minimum absolute atomic E-state index is 0.612. The van der Waals surface area contributed by atoms with Crippen LogP contribution >= 0.6 is 22.6 Å². The molecule has 18 heavy (non-hydrogen) atoms. The molecule has 0 fully saturated rings. The molecule has 2 aromatic carbocycles. The Morgan fingerprint density at radius 1 is 1.06 bits per heavy atom. The first kappa shape index (κ1) is 11.5. The lowest BCUT2D eigenvalue weighted by Crippen LogP contribution is -2.09. The van der Waals surface area contributed by atoms with E-state index >= 15 is 0 Å². The predicted molar refractivity (Wildman–Crippen MR) is 80.3 cm³/mol. The summed E-state index contributed by atoms with van der Waals surface area (Å²) >= 11 is 2.29. The molecular formula is C13H11IN4. The minimum atomic E-state index is 0.612. The highest BCUT2D eigenvalue weighted by Crippen LogP contribution is 2.13. The Hall–Kier alpha value is -1.63. The van der Waals surface area contributed by atoms with E-state index in [1.54, 1.807) is 0 Å². The highest BCUT2D eigenvalue weighted by Gasteiger charge is 2.02. The van der Waals surface area contributed by atoms with E-state index < -0.39 is 0 Å². The Morgan fingerprint density at radius 3 is 2.67 bits per heavy atom. The van der Waals surface area contributed by atoms with Crippen molar-refractivity contribution in [3.63, 3.8) is 0 Å². The summed E-state index contributed by atoms with van der Waals surface area (Å²) < 4.78 is 3.08. The number of anilines is 1. The molecule has 0 saturated carbocycles. The van der Waals surface area contributed by atoms with Crippen LogP contribution < -0.4 is 5.32 Å². The number of nitrogens with one attached hydrogen (secondary N) is 1. The van der Waals surface area contributed by atoms with Crippen LogP contribution in [0.1, 0.15) is 0 Å². The summed E-state index contributed by atoms with van der Waals surface area (Å²) in [4.78, 5) is 0. The zero-order chi connectivity index (χ0) is 12.4. The van der Waals surface area contributed by atoms with Gasteiger partial charge in [-0.1, -0.05) is 17.3 Å². The molecule has 3 aromatic rings. The van der Waals surface area contributed by atoms with Crippen molar-refractivity contribution in [3.8, 4) is 0 Å². The third kappa shape index (κ3) is 2.31. The number of halogens is 1. The third-order valence-corrected chi connectivity index (χ3v) is 3.42. The van der Waals surface area contributed by atoms with Gasteiger partial charge in [0.2, 0.25) is 0 Å². The van der Waals surface area contributed by atoms with Crippen LogP contribution in [0.15, 0.2) is 48.5 Å². The Labute approximate surface area is 118 Å². The molecule has 1 aromatic heterocycles. The Balaban J connectivity index is 1.79. The summed E-state index contributed by atoms with van der Waals surface area (Å²) in [6.45, 7) is 0.612. The Kier molecular flexibility index (Phi) is 3.14. The largest absolute Gasteiger partial charge is 0.366 e. The first-order valence-electron chi connectivity index (χ1n) is 5.60. The summed E-state index contributed by atoms with van der Waals surface area (Å²) in [5, 5.41) is 11.6. The Bertz CT molecular complexity index is 660. The molecule has 0 saturated heterocycles. The van der Waals surface area contributed by atoms with Crippen molar-refractivity contribution in [2.75, 3.05) is 5.32 Å². The predicted octanol–water partition coefficient (Wildman–Crippen LogP) is 3.11. The van der Waals surface area contributed by atoms with E-state index in [0.717, 1.165) is 16.7 Å². The minimum Gasteiger partial charge on any atom is -0.366 e. The number of para-hydroxylation sites is 1. The molecule has 0 spiro atoms. The van der Waals surface area contributed by atoms with E-state index in [0.29, 0.717) is 6.67 Å². The first-order chi connectivity index (χ1) is 8.83. The molecule has 0 aliphatic carbocycles. The van der Waals surface area contributed by atoms with Crippen LogP contribution in [0.5, 0.6) is 0 Å². The second-order valence-corrected chi connectivity index (χ2v) is 5.17. The van der Waals surface area contributed by atoms with E-state index in [2.05, 4.69) is 62.5 Å². The van der Waals surface area contributed by atoms with Gasteiger partial charge in [-0.15, -0.1) is 5.10 Å². The Morgan fingerprint density at radius 2 is 1.83 bits per heavy atom. The summed E-state index contributed by atoms with van der Waals surface area (Å²) in [6, 6.07) is 16.2. The van der Waals surface area contributed by atoms with Gasteiger partial charge in [-0.3, -0.25) is 0 Å². The molecule has 0 aliphatic rings. The number of rotatable bonds is 3. The van der Waals surface area contributed by atoms with Gasteiger partial charge >= 0.3 is 0 Å². The zero-order valence-corrected chi connectivity index (χ0v) is 11.7. The van der Waals surface area contributed by atoms with E-state index in [1.165, 1.54) is 3.57 Å². The van der Waals surface area contributed by atoms with Crippen molar-refractivity contribution in [1.82, 2.24) is 15.0 Å². The molecule has 0 atom stereocenters. The maximum absolute atomic E-state index is 4.13. The van der Waals surface area contributed by atoms with E-state index in [4.69, 9.17) is 0 Å². The van der Waals surface area contributed by atoms with Crippen molar-refractivity contribution in [3.05, 3.63) is 52.1 Å². The SMILES string of the molecule is Ic1ccc(NCn2nnc3ccccc32)cc1. The molecule has 0 aliphatic heterocycles. The third-order valence-electron chi connectivity index (χ3n) is 2.70. The van der Waals surface area contributed by atoms with Crippen molar-refractivity contribution < 1.29 is 0 Å². The van der Waals surface area contributed by atoms with E-state index in [-0.39, 0.29) is 0 Å². The summed E-state index contributed by atoms with van der Waals surface area (Å²) in [5.74, 6) is 0. The van der Waals surface area contributed by atoms with Gasteiger partial charge in [0.25, 0.3) is 0 Å². The molecule has 3 rings (SSSR count). The molecule has 1 N–H and O–H groups in total. The van der Waals surface area contributed by atoms with E-state index in [9.17, 15) is 0 Å². The molecule has 0 amide bonds. The van der Waals surface area contributed by atoms with Gasteiger partial charge in [0.1, 0.15) is 12.2 Å². The summed E-state index contributed by atoms with van der Waals surface area (Å²) in [6.07, 6.45) is 0. The average Bonchev–Trinajstić information content (AvgIpc) is 2.82. The normalized spacial score (nSPS) is 10.7. The fourth-order valence-corrected chi connectivity index (χ4v) is 2.13. The fourth-order valence-electron chi connectivity index (χ4n) is 1.77. The van der Waals surface area contributed by atoms with Crippen molar-refractivity contribution in [2.24, 2.45) is 0 Å². The van der Waals surface area contributed by atoms with Gasteiger partial charge in [-0.25, -0.2) is 4.68 Å². The quantitative estimate of drug-likeness (QED) is 0.739. The maximum Gasteiger partial charge on any atom is 0.113 e. The van der Waals surface area contributed by atoms with Crippen LogP contribution in [0.4, 0.5) is 5.69 Å². The number of benzene rings is 2. The van der Waals surface area contributed by atoms with Crippen LogP contribution in [-0.2, 0) is 6.67 Å². The maximum atomic E-state index is 4.13. The summed E-state index contributed by atoms with van der Waals surface area (Å²) in [5.41, 5.74) is 3.03. The molecule has 0 radical (unpaired) electrons. The number of hydrogen-bond acceptors (Lipinski definition) is 3. The van der Waals surface area contributed by atoms with Gasteiger partial charge in [0, 0.05) is 9.26 Å². The highest BCUT2D eigenvalue weighted by atomic mass is 127. The van der Waals surface area contributed by atoms with Crippen LogP contribution in [-0.4, -0.2) is 15.0 Å². The molecule has 4 nitrogen and oxygen atoms in total. The average molecular weight is 350 g/mol. The van der Waals surface area contributed by atoms with Gasteiger partial charge < -0.3 is 5.32 Å². The van der Waals surface area contributed by atoms with Crippen molar-refractivity contribution in [1.29, 1.82) is 0 Å². The van der Waals surface area contributed by atoms with Gasteiger partial charge in [-0.2, -0.15) is 0 Å². The second kappa shape index (κ2) is 4.93. The van der Waals surface area contributed by atoms with Crippen LogP contribution in [0.3, 0.4) is 0 Å². The van der Waals surface area contributed by atoms with Crippen molar-refractivity contribution >= 4 is 39.3 Å². The van der Waals surface area contributed by atoms with Gasteiger partial charge in [0.05, 0.1) is 5.52 Å². The number of hydrogen-bond donors (Lipinski definition) is 1. The van der Waals surface area contributed by atoms with E-state index in [1.807, 2.05) is 28.9 Å². The molecule has 0 bridgehead atoms. The number of nitrogens with zero attached hydrogens (tertiary/aromatic N) is 3. The first-order valence-corrected chi connectivity index (χ1v) is 6.68. The van der Waals surface area contributed by atoms with Crippen LogP contribution in [0, 0.1) is 3.57 Å². The van der Waals surface area contributed by atoms with Gasteiger partial charge in [-0.05, 0) is 59.0 Å². The van der Waals surface area contributed by atoms with Gasteiger partial charge in [0.15, 0.2) is 0 Å². The van der Waals surface area contributed by atoms with Crippen molar-refractivity contribution in [2.45, 2.75) is 6.67 Å². The summed E-state index contributed by atoms with van der Waals surface area (Å²) in [7, 11) is 0.